The zero-order valence-electron chi connectivity index (χ0n) is 8.14. The van der Waals surface area contributed by atoms with E-state index in [2.05, 4.69) is 5.32 Å². The van der Waals surface area contributed by atoms with Gasteiger partial charge >= 0.3 is 5.97 Å². The molecule has 0 bridgehead atoms. The van der Waals surface area contributed by atoms with Crippen molar-refractivity contribution in [3.8, 4) is 0 Å². The van der Waals surface area contributed by atoms with E-state index in [0.29, 0.717) is 24.4 Å². The standard InChI is InChI=1S/C10H17NO2/c1-2-13-9(12)5-8-3-4-10(8)6-11-7-10/h8,11H,2-7H2,1H3. The average molecular weight is 183 g/mol. The lowest BCUT2D eigenvalue weighted by molar-refractivity contribution is -0.149. The number of hydrogen-bond donors (Lipinski definition) is 1. The van der Waals surface area contributed by atoms with Crippen molar-refractivity contribution in [2.24, 2.45) is 11.3 Å². The summed E-state index contributed by atoms with van der Waals surface area (Å²) in [5, 5.41) is 3.29. The van der Waals surface area contributed by atoms with E-state index >= 15 is 0 Å². The van der Waals surface area contributed by atoms with Gasteiger partial charge in [0, 0.05) is 19.5 Å². The Morgan fingerprint density at radius 2 is 2.38 bits per heavy atom. The summed E-state index contributed by atoms with van der Waals surface area (Å²) >= 11 is 0. The first-order valence-corrected chi connectivity index (χ1v) is 5.13. The molecule has 3 heteroatoms. The van der Waals surface area contributed by atoms with Crippen molar-refractivity contribution in [2.75, 3.05) is 19.7 Å². The molecule has 1 spiro atoms. The molecule has 74 valence electrons. The number of hydrogen-bond acceptors (Lipinski definition) is 3. The maximum absolute atomic E-state index is 11.2. The van der Waals surface area contributed by atoms with Crippen molar-refractivity contribution >= 4 is 5.97 Å². The summed E-state index contributed by atoms with van der Waals surface area (Å²) in [5.74, 6) is 0.575. The Morgan fingerprint density at radius 3 is 2.77 bits per heavy atom. The normalized spacial score (nSPS) is 29.2. The first kappa shape index (κ1) is 9.00. The van der Waals surface area contributed by atoms with Gasteiger partial charge in [0.05, 0.1) is 6.61 Å². The van der Waals surface area contributed by atoms with Crippen LogP contribution in [-0.4, -0.2) is 25.7 Å². The maximum Gasteiger partial charge on any atom is 0.306 e. The van der Waals surface area contributed by atoms with Gasteiger partial charge in [-0.15, -0.1) is 0 Å². The zero-order valence-corrected chi connectivity index (χ0v) is 8.14. The van der Waals surface area contributed by atoms with Crippen LogP contribution in [0.1, 0.15) is 26.2 Å². The molecule has 13 heavy (non-hydrogen) atoms. The Hall–Kier alpha value is -0.570. The van der Waals surface area contributed by atoms with Gasteiger partial charge in [0.1, 0.15) is 0 Å². The summed E-state index contributed by atoms with van der Waals surface area (Å²) in [6, 6.07) is 0. The van der Waals surface area contributed by atoms with E-state index in [1.165, 1.54) is 12.8 Å². The molecule has 2 rings (SSSR count). The van der Waals surface area contributed by atoms with E-state index in [0.717, 1.165) is 13.1 Å². The molecular formula is C10H17NO2. The maximum atomic E-state index is 11.2. The first-order valence-electron chi connectivity index (χ1n) is 5.13. The molecule has 0 amide bonds. The van der Waals surface area contributed by atoms with Crippen LogP contribution >= 0.6 is 0 Å². The van der Waals surface area contributed by atoms with Crippen molar-refractivity contribution in [3.05, 3.63) is 0 Å². The fourth-order valence-corrected chi connectivity index (χ4v) is 2.41. The van der Waals surface area contributed by atoms with E-state index in [4.69, 9.17) is 4.74 Å². The second kappa shape index (κ2) is 3.29. The van der Waals surface area contributed by atoms with Crippen molar-refractivity contribution in [3.63, 3.8) is 0 Å². The lowest BCUT2D eigenvalue weighted by atomic mass is 9.55. The molecule has 1 aliphatic heterocycles. The average Bonchev–Trinajstić information content (AvgIpc) is 1.96. The van der Waals surface area contributed by atoms with Crippen LogP contribution < -0.4 is 5.32 Å². The number of nitrogens with one attached hydrogen (secondary N) is 1. The molecule has 1 atom stereocenters. The van der Waals surface area contributed by atoms with Gasteiger partial charge in [-0.2, -0.15) is 0 Å². The SMILES string of the molecule is CCOC(=O)CC1CCC12CNC2. The minimum absolute atomic E-state index is 0.0153. The molecule has 1 heterocycles. The van der Waals surface area contributed by atoms with Crippen molar-refractivity contribution in [1.82, 2.24) is 5.32 Å². The molecule has 0 radical (unpaired) electrons. The highest BCUT2D eigenvalue weighted by atomic mass is 16.5. The Morgan fingerprint density at radius 1 is 1.62 bits per heavy atom. The smallest absolute Gasteiger partial charge is 0.306 e. The van der Waals surface area contributed by atoms with E-state index in [-0.39, 0.29) is 5.97 Å². The molecule has 1 saturated carbocycles. The third-order valence-corrected chi connectivity index (χ3v) is 3.53. The van der Waals surface area contributed by atoms with Crippen molar-refractivity contribution in [2.45, 2.75) is 26.2 Å². The summed E-state index contributed by atoms with van der Waals surface area (Å²) in [4.78, 5) is 11.2. The van der Waals surface area contributed by atoms with Gasteiger partial charge in [-0.3, -0.25) is 4.79 Å². The topological polar surface area (TPSA) is 38.3 Å². The van der Waals surface area contributed by atoms with Crippen molar-refractivity contribution in [1.29, 1.82) is 0 Å². The molecule has 1 saturated heterocycles. The molecule has 1 N–H and O–H groups in total. The summed E-state index contributed by atoms with van der Waals surface area (Å²) in [5.41, 5.74) is 0.479. The van der Waals surface area contributed by atoms with Crippen LogP contribution in [0.25, 0.3) is 0 Å². The van der Waals surface area contributed by atoms with Gasteiger partial charge in [-0.25, -0.2) is 0 Å². The molecule has 1 unspecified atom stereocenters. The van der Waals surface area contributed by atoms with Crippen molar-refractivity contribution < 1.29 is 9.53 Å². The van der Waals surface area contributed by atoms with Gasteiger partial charge in [-0.1, -0.05) is 0 Å². The summed E-state index contributed by atoms with van der Waals surface area (Å²) in [6.45, 7) is 4.59. The van der Waals surface area contributed by atoms with Crippen LogP contribution in [0, 0.1) is 11.3 Å². The van der Waals surface area contributed by atoms with Crippen LogP contribution in [0.5, 0.6) is 0 Å². The quantitative estimate of drug-likeness (QED) is 0.662. The van der Waals surface area contributed by atoms with Crippen LogP contribution in [0.2, 0.25) is 0 Å². The largest absolute Gasteiger partial charge is 0.466 e. The van der Waals surface area contributed by atoms with Crippen LogP contribution in [0.4, 0.5) is 0 Å². The Balaban J connectivity index is 1.79. The lowest BCUT2D eigenvalue weighted by Gasteiger charge is -2.56. The number of ether oxygens (including phenoxy) is 1. The Bertz CT molecular complexity index is 205. The fraction of sp³-hybridized carbons (Fsp3) is 0.900. The molecular weight excluding hydrogens is 166 g/mol. The van der Waals surface area contributed by atoms with E-state index in [1.807, 2.05) is 6.92 Å². The number of esters is 1. The highest BCUT2D eigenvalue weighted by Gasteiger charge is 2.51. The van der Waals surface area contributed by atoms with Crippen LogP contribution in [-0.2, 0) is 9.53 Å². The molecule has 0 aromatic carbocycles. The van der Waals surface area contributed by atoms with Gasteiger partial charge in [-0.05, 0) is 31.1 Å². The second-order valence-electron chi connectivity index (χ2n) is 4.21. The van der Waals surface area contributed by atoms with Gasteiger partial charge in [0.15, 0.2) is 0 Å². The highest BCUT2D eigenvalue weighted by Crippen LogP contribution is 2.51. The van der Waals surface area contributed by atoms with Gasteiger partial charge in [0.2, 0.25) is 0 Å². The third-order valence-electron chi connectivity index (χ3n) is 3.53. The van der Waals surface area contributed by atoms with E-state index in [1.54, 1.807) is 0 Å². The summed E-state index contributed by atoms with van der Waals surface area (Å²) in [6.07, 6.45) is 3.14. The minimum Gasteiger partial charge on any atom is -0.466 e. The summed E-state index contributed by atoms with van der Waals surface area (Å²) < 4.78 is 4.95. The first-order chi connectivity index (χ1) is 6.27. The van der Waals surface area contributed by atoms with E-state index in [9.17, 15) is 4.79 Å². The number of carbonyl (C=O) groups is 1. The fourth-order valence-electron chi connectivity index (χ4n) is 2.41. The number of carbonyl (C=O) groups excluding carboxylic acids is 1. The second-order valence-corrected chi connectivity index (χ2v) is 4.21. The van der Waals surface area contributed by atoms with Gasteiger partial charge < -0.3 is 10.1 Å². The molecule has 2 fully saturated rings. The van der Waals surface area contributed by atoms with E-state index < -0.39 is 0 Å². The van der Waals surface area contributed by atoms with Crippen LogP contribution in [0.3, 0.4) is 0 Å². The molecule has 3 nitrogen and oxygen atoms in total. The van der Waals surface area contributed by atoms with Gasteiger partial charge in [0.25, 0.3) is 0 Å². The predicted molar refractivity (Wildman–Crippen MR) is 49.3 cm³/mol. The Kier molecular flexibility index (Phi) is 2.28. The lowest BCUT2D eigenvalue weighted by Crippen LogP contribution is -2.62. The predicted octanol–water partition coefficient (Wildman–Crippen LogP) is 0.939. The minimum atomic E-state index is -0.0153. The third kappa shape index (κ3) is 1.46. The summed E-state index contributed by atoms with van der Waals surface area (Å²) in [7, 11) is 0. The molecule has 0 aromatic rings. The Labute approximate surface area is 78.8 Å². The monoisotopic (exact) mass is 183 g/mol. The molecule has 0 aromatic heterocycles. The zero-order chi connectivity index (χ0) is 9.31. The number of rotatable bonds is 3. The molecule has 1 aliphatic carbocycles. The molecule has 2 aliphatic rings. The van der Waals surface area contributed by atoms with Crippen LogP contribution in [0.15, 0.2) is 0 Å². The highest BCUT2D eigenvalue weighted by molar-refractivity contribution is 5.70.